The van der Waals surface area contributed by atoms with E-state index < -0.39 is 5.41 Å². The highest BCUT2D eigenvalue weighted by Crippen LogP contribution is 2.21. The third-order valence-corrected chi connectivity index (χ3v) is 6.13. The van der Waals surface area contributed by atoms with Crippen LogP contribution in [0.4, 0.5) is 0 Å². The molecule has 0 aliphatic rings. The number of rotatable bonds is 4. The van der Waals surface area contributed by atoms with E-state index in [1.165, 1.54) is 22.0 Å². The molecule has 0 unspecified atom stereocenters. The molecule has 0 saturated carbocycles. The van der Waals surface area contributed by atoms with Gasteiger partial charge in [0.25, 0.3) is 5.56 Å². The van der Waals surface area contributed by atoms with Crippen molar-refractivity contribution < 1.29 is 4.79 Å². The first-order chi connectivity index (χ1) is 13.6. The Labute approximate surface area is 178 Å². The Bertz CT molecular complexity index is 1230. The van der Waals surface area contributed by atoms with E-state index in [0.29, 0.717) is 20.9 Å². The Hall–Kier alpha value is -2.44. The average molecular weight is 430 g/mol. The summed E-state index contributed by atoms with van der Waals surface area (Å²) in [6.07, 6.45) is 3.30. The van der Waals surface area contributed by atoms with Crippen LogP contribution in [0.1, 0.15) is 37.6 Å². The number of Topliss-reactive ketones (excluding diaryl/α,β-unsaturated/α-hetero) is 1. The van der Waals surface area contributed by atoms with Crippen LogP contribution in [0.15, 0.2) is 35.1 Å². The van der Waals surface area contributed by atoms with E-state index in [4.69, 9.17) is 11.6 Å². The molecule has 0 spiro atoms. The van der Waals surface area contributed by atoms with Gasteiger partial charge in [-0.2, -0.15) is 5.10 Å². The van der Waals surface area contributed by atoms with Crippen molar-refractivity contribution in [1.82, 2.24) is 14.3 Å². The standard InChI is InChI=1S/C22H24ClN3O2S/c1-14-16(20(23)26(24-14)13-15-9-7-6-8-10-15)11-17-21(28)25(5)19(29-17)12-18(27)22(2,3)4/h6-12H,13H2,1-5H3/b17-11-,19-12-. The number of thiazole rings is 1. The predicted molar refractivity (Wildman–Crippen MR) is 119 cm³/mol. The molecule has 0 aliphatic heterocycles. The zero-order valence-corrected chi connectivity index (χ0v) is 18.8. The SMILES string of the molecule is Cc1nn(Cc2ccccc2)c(Cl)c1/C=c1\s/c(=C\C(=O)C(C)(C)C)n(C)c1=O. The minimum absolute atomic E-state index is 0.0224. The van der Waals surface area contributed by atoms with Crippen molar-refractivity contribution >= 4 is 40.9 Å². The highest BCUT2D eigenvalue weighted by Gasteiger charge is 2.19. The molecule has 0 radical (unpaired) electrons. The lowest BCUT2D eigenvalue weighted by Crippen LogP contribution is -2.30. The molecule has 1 aromatic carbocycles. The zero-order chi connectivity index (χ0) is 21.3. The second-order valence-electron chi connectivity index (χ2n) is 8.00. The van der Waals surface area contributed by atoms with Crippen molar-refractivity contribution in [2.45, 2.75) is 34.2 Å². The Morgan fingerprint density at radius 3 is 2.52 bits per heavy atom. The monoisotopic (exact) mass is 429 g/mol. The molecule has 0 aliphatic carbocycles. The number of aryl methyl sites for hydroxylation is 1. The van der Waals surface area contributed by atoms with Crippen molar-refractivity contribution in [3.05, 3.63) is 71.9 Å². The van der Waals surface area contributed by atoms with Gasteiger partial charge in [0.05, 0.1) is 16.8 Å². The van der Waals surface area contributed by atoms with Crippen LogP contribution in [0.3, 0.4) is 0 Å². The number of benzene rings is 1. The lowest BCUT2D eigenvalue weighted by molar-refractivity contribution is -0.120. The van der Waals surface area contributed by atoms with Crippen LogP contribution < -0.4 is 14.8 Å². The second kappa shape index (κ2) is 8.13. The normalized spacial score (nSPS) is 13.3. The fraction of sp³-hybridized carbons (Fsp3) is 0.318. The maximum atomic E-state index is 12.7. The third kappa shape index (κ3) is 4.60. The second-order valence-corrected chi connectivity index (χ2v) is 9.43. The molecule has 2 heterocycles. The number of nitrogens with zero attached hydrogens (tertiary/aromatic N) is 3. The highest BCUT2D eigenvalue weighted by atomic mass is 35.5. The van der Waals surface area contributed by atoms with Gasteiger partial charge in [-0.05, 0) is 18.6 Å². The van der Waals surface area contributed by atoms with Gasteiger partial charge in [0.1, 0.15) is 9.82 Å². The molecule has 0 amide bonds. The summed E-state index contributed by atoms with van der Waals surface area (Å²) in [5.74, 6) is -0.0224. The Morgan fingerprint density at radius 1 is 1.24 bits per heavy atom. The first kappa shape index (κ1) is 21.3. The Kier molecular flexibility index (Phi) is 5.96. The van der Waals surface area contributed by atoms with Gasteiger partial charge >= 0.3 is 0 Å². The first-order valence-electron chi connectivity index (χ1n) is 9.28. The van der Waals surface area contributed by atoms with Crippen LogP contribution in [0, 0.1) is 12.3 Å². The minimum atomic E-state index is -0.498. The summed E-state index contributed by atoms with van der Waals surface area (Å²) >= 11 is 7.85. The number of aromatic nitrogens is 3. The van der Waals surface area contributed by atoms with Crippen LogP contribution in [0.2, 0.25) is 5.15 Å². The third-order valence-electron chi connectivity index (χ3n) is 4.61. The predicted octanol–water partition coefficient (Wildman–Crippen LogP) is 2.88. The minimum Gasteiger partial charge on any atom is -0.302 e. The van der Waals surface area contributed by atoms with Gasteiger partial charge in [-0.25, -0.2) is 4.68 Å². The van der Waals surface area contributed by atoms with Crippen molar-refractivity contribution in [2.75, 3.05) is 0 Å². The van der Waals surface area contributed by atoms with Gasteiger partial charge in [0, 0.05) is 24.1 Å². The maximum Gasteiger partial charge on any atom is 0.268 e. The fourth-order valence-electron chi connectivity index (χ4n) is 2.76. The molecule has 0 bridgehead atoms. The molecule has 0 N–H and O–H groups in total. The number of carbonyl (C=O) groups excluding carboxylic acids is 1. The fourth-order valence-corrected chi connectivity index (χ4v) is 4.06. The lowest BCUT2D eigenvalue weighted by Gasteiger charge is -2.12. The van der Waals surface area contributed by atoms with Crippen molar-refractivity contribution in [3.8, 4) is 0 Å². The summed E-state index contributed by atoms with van der Waals surface area (Å²) in [5.41, 5.74) is 1.90. The molecule has 3 rings (SSSR count). The summed E-state index contributed by atoms with van der Waals surface area (Å²) in [5, 5.41) is 5.01. The summed E-state index contributed by atoms with van der Waals surface area (Å²) in [4.78, 5) is 25.0. The van der Waals surface area contributed by atoms with Crippen molar-refractivity contribution in [3.63, 3.8) is 0 Å². The zero-order valence-electron chi connectivity index (χ0n) is 17.2. The number of hydrogen-bond acceptors (Lipinski definition) is 4. The quantitative estimate of drug-likeness (QED) is 0.640. The largest absolute Gasteiger partial charge is 0.302 e. The Balaban J connectivity index is 2.06. The first-order valence-corrected chi connectivity index (χ1v) is 10.5. The maximum absolute atomic E-state index is 12.7. The summed E-state index contributed by atoms with van der Waals surface area (Å²) in [6.45, 7) is 7.99. The summed E-state index contributed by atoms with van der Waals surface area (Å²) in [6, 6.07) is 9.93. The van der Waals surface area contributed by atoms with Crippen LogP contribution >= 0.6 is 22.9 Å². The van der Waals surface area contributed by atoms with Crippen molar-refractivity contribution in [2.24, 2.45) is 12.5 Å². The number of hydrogen-bond donors (Lipinski definition) is 0. The number of halogens is 1. The van der Waals surface area contributed by atoms with Gasteiger partial charge in [-0.1, -0.05) is 62.7 Å². The van der Waals surface area contributed by atoms with Gasteiger partial charge in [0.15, 0.2) is 5.78 Å². The highest BCUT2D eigenvalue weighted by molar-refractivity contribution is 7.07. The molecule has 2 aromatic heterocycles. The molecule has 0 saturated heterocycles. The van der Waals surface area contributed by atoms with E-state index in [0.717, 1.165) is 16.8 Å². The van der Waals surface area contributed by atoms with Crippen LogP contribution in [-0.4, -0.2) is 20.1 Å². The van der Waals surface area contributed by atoms with E-state index in [-0.39, 0.29) is 11.3 Å². The molecule has 0 atom stereocenters. The van der Waals surface area contributed by atoms with Crippen LogP contribution in [0.5, 0.6) is 0 Å². The van der Waals surface area contributed by atoms with Gasteiger partial charge in [0.2, 0.25) is 0 Å². The number of ketones is 1. The van der Waals surface area contributed by atoms with Crippen LogP contribution in [-0.2, 0) is 18.4 Å². The molecule has 7 heteroatoms. The van der Waals surface area contributed by atoms with Gasteiger partial charge in [-0.3, -0.25) is 9.59 Å². The number of carbonyl (C=O) groups is 1. The van der Waals surface area contributed by atoms with E-state index in [1.807, 2.05) is 58.0 Å². The van der Waals surface area contributed by atoms with E-state index in [9.17, 15) is 9.59 Å². The molecule has 3 aromatic rings. The smallest absolute Gasteiger partial charge is 0.268 e. The lowest BCUT2D eigenvalue weighted by atomic mass is 9.91. The molecule has 5 nitrogen and oxygen atoms in total. The Morgan fingerprint density at radius 2 is 1.90 bits per heavy atom. The topological polar surface area (TPSA) is 56.9 Å². The van der Waals surface area contributed by atoms with Crippen molar-refractivity contribution in [1.29, 1.82) is 0 Å². The molecular formula is C22H24ClN3O2S. The van der Waals surface area contributed by atoms with Crippen LogP contribution in [0.25, 0.3) is 12.2 Å². The van der Waals surface area contributed by atoms with E-state index in [2.05, 4.69) is 5.10 Å². The molecule has 152 valence electrons. The molecule has 0 fully saturated rings. The summed E-state index contributed by atoms with van der Waals surface area (Å²) in [7, 11) is 1.67. The van der Waals surface area contributed by atoms with Gasteiger partial charge in [-0.15, -0.1) is 11.3 Å². The van der Waals surface area contributed by atoms with E-state index in [1.54, 1.807) is 17.8 Å². The molecule has 29 heavy (non-hydrogen) atoms. The van der Waals surface area contributed by atoms with E-state index >= 15 is 0 Å². The van der Waals surface area contributed by atoms with Gasteiger partial charge < -0.3 is 4.57 Å². The summed E-state index contributed by atoms with van der Waals surface area (Å²) < 4.78 is 4.36. The average Bonchev–Trinajstić information content (AvgIpc) is 3.07. The molecular weight excluding hydrogens is 406 g/mol.